The van der Waals surface area contributed by atoms with Crippen molar-refractivity contribution in [1.82, 2.24) is 5.32 Å². The van der Waals surface area contributed by atoms with Crippen molar-refractivity contribution < 1.29 is 14.7 Å². The molecular weight excluding hydrogens is 314 g/mol. The quantitative estimate of drug-likeness (QED) is 0.315. The lowest BCUT2D eigenvalue weighted by molar-refractivity contribution is -0.120. The largest absolute Gasteiger partial charge is 0.508 e. The van der Waals surface area contributed by atoms with E-state index < -0.39 is 0 Å². The van der Waals surface area contributed by atoms with E-state index in [1.807, 2.05) is 0 Å². The van der Waals surface area contributed by atoms with Gasteiger partial charge in [-0.2, -0.15) is 0 Å². The molecular formula is C16H17N3O3S. The van der Waals surface area contributed by atoms with Gasteiger partial charge in [0, 0.05) is 17.0 Å². The molecule has 0 unspecified atom stereocenters. The Morgan fingerprint density at radius 2 is 2.09 bits per heavy atom. The zero-order chi connectivity index (χ0) is 16.7. The number of aromatic hydroxyl groups is 1. The van der Waals surface area contributed by atoms with Gasteiger partial charge in [0.2, 0.25) is 5.91 Å². The van der Waals surface area contributed by atoms with Crippen molar-refractivity contribution in [3.63, 3.8) is 0 Å². The molecule has 0 aliphatic heterocycles. The van der Waals surface area contributed by atoms with Gasteiger partial charge in [-0.05, 0) is 30.3 Å². The second-order valence-corrected chi connectivity index (χ2v) is 5.83. The number of aliphatic imine (C=N–C) groups is 1. The van der Waals surface area contributed by atoms with Gasteiger partial charge in [0.05, 0.1) is 23.4 Å². The number of carbonyl (C=O) groups is 2. The third kappa shape index (κ3) is 4.93. The number of benzene rings is 1. The second kappa shape index (κ2) is 8.09. The van der Waals surface area contributed by atoms with Gasteiger partial charge in [-0.15, -0.1) is 11.3 Å². The summed E-state index contributed by atoms with van der Waals surface area (Å²) in [6, 6.07) is 8.32. The van der Waals surface area contributed by atoms with Crippen LogP contribution in [0.3, 0.4) is 0 Å². The summed E-state index contributed by atoms with van der Waals surface area (Å²) in [4.78, 5) is 28.0. The van der Waals surface area contributed by atoms with Gasteiger partial charge in [0.25, 0.3) is 0 Å². The van der Waals surface area contributed by atoms with E-state index in [-0.39, 0.29) is 11.7 Å². The van der Waals surface area contributed by atoms with E-state index in [9.17, 15) is 14.7 Å². The first-order valence-corrected chi connectivity index (χ1v) is 7.86. The Kier molecular flexibility index (Phi) is 5.87. The summed E-state index contributed by atoms with van der Waals surface area (Å²) in [5, 5.41) is 14.9. The molecule has 1 aromatic carbocycles. The second-order valence-electron chi connectivity index (χ2n) is 4.66. The van der Waals surface area contributed by atoms with Crippen molar-refractivity contribution in [2.75, 3.05) is 5.32 Å². The van der Waals surface area contributed by atoms with Crippen LogP contribution in [0.4, 0.5) is 11.4 Å². The van der Waals surface area contributed by atoms with Crippen molar-refractivity contribution in [3.05, 3.63) is 40.1 Å². The summed E-state index contributed by atoms with van der Waals surface area (Å²) in [6.45, 7) is 2.17. The number of aldehydes is 1. The highest BCUT2D eigenvalue weighted by Gasteiger charge is 2.08. The molecule has 0 bridgehead atoms. The predicted molar refractivity (Wildman–Crippen MR) is 91.7 cm³/mol. The maximum Gasteiger partial charge on any atom is 0.220 e. The standard InChI is InChI=1S/C16H17N3O3S/c1-2-16(22)17-8-13-7-14(15(9-20)23-13)19-10-18-11-3-5-12(21)6-4-11/h3-7,9-10,21H,2,8H2,1H3,(H,17,22)(H,18,19). The Hall–Kier alpha value is -2.67. The van der Waals surface area contributed by atoms with E-state index in [1.54, 1.807) is 37.3 Å². The molecule has 6 nitrogen and oxygen atoms in total. The maximum absolute atomic E-state index is 11.3. The third-order valence-electron chi connectivity index (χ3n) is 2.98. The number of hydrogen-bond acceptors (Lipinski definition) is 5. The van der Waals surface area contributed by atoms with Crippen LogP contribution in [0.25, 0.3) is 0 Å². The number of hydrogen-bond donors (Lipinski definition) is 3. The van der Waals surface area contributed by atoms with Crippen molar-refractivity contribution in [1.29, 1.82) is 0 Å². The fourth-order valence-corrected chi connectivity index (χ4v) is 2.63. The van der Waals surface area contributed by atoms with Crippen LogP contribution in [-0.4, -0.2) is 23.6 Å². The molecule has 1 heterocycles. The first-order chi connectivity index (χ1) is 11.1. The molecule has 2 aromatic rings. The minimum atomic E-state index is -0.0369. The van der Waals surface area contributed by atoms with Crippen molar-refractivity contribution in [2.24, 2.45) is 4.99 Å². The average molecular weight is 331 g/mol. The van der Waals surface area contributed by atoms with Gasteiger partial charge in [-0.25, -0.2) is 4.99 Å². The summed E-state index contributed by atoms with van der Waals surface area (Å²) in [5.74, 6) is 0.150. The lowest BCUT2D eigenvalue weighted by atomic mass is 10.3. The number of thiophene rings is 1. The Balaban J connectivity index is 2.01. The molecule has 0 saturated heterocycles. The lowest BCUT2D eigenvalue weighted by Gasteiger charge is -1.99. The fraction of sp³-hybridized carbons (Fsp3) is 0.188. The van der Waals surface area contributed by atoms with Crippen LogP contribution in [0, 0.1) is 0 Å². The highest BCUT2D eigenvalue weighted by molar-refractivity contribution is 7.14. The van der Waals surface area contributed by atoms with E-state index in [4.69, 9.17) is 0 Å². The van der Waals surface area contributed by atoms with E-state index in [0.717, 1.165) is 16.9 Å². The number of amides is 1. The summed E-state index contributed by atoms with van der Waals surface area (Å²) < 4.78 is 0. The zero-order valence-electron chi connectivity index (χ0n) is 12.6. The highest BCUT2D eigenvalue weighted by atomic mass is 32.1. The van der Waals surface area contributed by atoms with Crippen molar-refractivity contribution in [3.8, 4) is 5.75 Å². The summed E-state index contributed by atoms with van der Waals surface area (Å²) in [7, 11) is 0. The molecule has 23 heavy (non-hydrogen) atoms. The van der Waals surface area contributed by atoms with Crippen molar-refractivity contribution >= 4 is 41.2 Å². The SMILES string of the molecule is CCC(=O)NCc1cc(/N=C\Nc2ccc(O)cc2)c(C=O)s1. The van der Waals surface area contributed by atoms with E-state index in [2.05, 4.69) is 15.6 Å². The normalized spacial score (nSPS) is 10.7. The first-order valence-electron chi connectivity index (χ1n) is 7.05. The summed E-state index contributed by atoms with van der Waals surface area (Å²) >= 11 is 1.30. The molecule has 0 fully saturated rings. The van der Waals surface area contributed by atoms with Crippen LogP contribution >= 0.6 is 11.3 Å². The number of phenolic OH excluding ortho intramolecular Hbond substituents is 1. The molecule has 120 valence electrons. The van der Waals surface area contributed by atoms with Crippen LogP contribution < -0.4 is 10.6 Å². The van der Waals surface area contributed by atoms with Gasteiger partial charge in [0.1, 0.15) is 5.75 Å². The predicted octanol–water partition coefficient (Wildman–Crippen LogP) is 3.06. The van der Waals surface area contributed by atoms with Crippen LogP contribution in [0.5, 0.6) is 5.75 Å². The van der Waals surface area contributed by atoms with Crippen molar-refractivity contribution in [2.45, 2.75) is 19.9 Å². The lowest BCUT2D eigenvalue weighted by Crippen LogP contribution is -2.20. The number of anilines is 1. The third-order valence-corrected chi connectivity index (χ3v) is 4.03. The fourth-order valence-electron chi connectivity index (χ4n) is 1.76. The van der Waals surface area contributed by atoms with Gasteiger partial charge >= 0.3 is 0 Å². The summed E-state index contributed by atoms with van der Waals surface area (Å²) in [5.41, 5.74) is 1.32. The first kappa shape index (κ1) is 16.7. The van der Waals surface area contributed by atoms with Crippen LogP contribution in [0.2, 0.25) is 0 Å². The Morgan fingerprint density at radius 3 is 2.74 bits per heavy atom. The molecule has 0 aliphatic carbocycles. The van der Waals surface area contributed by atoms with Crippen LogP contribution in [-0.2, 0) is 11.3 Å². The Labute approximate surface area is 137 Å². The number of carbonyl (C=O) groups excluding carboxylic acids is 2. The van der Waals surface area contributed by atoms with E-state index in [0.29, 0.717) is 23.5 Å². The maximum atomic E-state index is 11.3. The smallest absolute Gasteiger partial charge is 0.220 e. The molecule has 1 aromatic heterocycles. The number of phenols is 1. The van der Waals surface area contributed by atoms with Gasteiger partial charge < -0.3 is 15.7 Å². The van der Waals surface area contributed by atoms with E-state index in [1.165, 1.54) is 17.7 Å². The number of nitrogens with one attached hydrogen (secondary N) is 2. The van der Waals surface area contributed by atoms with Gasteiger partial charge in [-0.1, -0.05) is 6.92 Å². The van der Waals surface area contributed by atoms with Crippen LogP contribution in [0.15, 0.2) is 35.3 Å². The monoisotopic (exact) mass is 331 g/mol. The molecule has 0 radical (unpaired) electrons. The molecule has 0 atom stereocenters. The molecule has 0 spiro atoms. The highest BCUT2D eigenvalue weighted by Crippen LogP contribution is 2.28. The Morgan fingerprint density at radius 1 is 1.35 bits per heavy atom. The van der Waals surface area contributed by atoms with Crippen LogP contribution in [0.1, 0.15) is 27.9 Å². The minimum absolute atomic E-state index is 0.0369. The average Bonchev–Trinajstić information content (AvgIpc) is 2.96. The zero-order valence-corrected chi connectivity index (χ0v) is 13.4. The molecule has 0 aliphatic rings. The topological polar surface area (TPSA) is 90.8 Å². The Bertz CT molecular complexity index is 708. The number of nitrogens with zero attached hydrogens (tertiary/aromatic N) is 1. The molecule has 0 saturated carbocycles. The molecule has 7 heteroatoms. The number of rotatable bonds is 7. The van der Waals surface area contributed by atoms with Gasteiger partial charge in [-0.3, -0.25) is 9.59 Å². The van der Waals surface area contributed by atoms with E-state index >= 15 is 0 Å². The summed E-state index contributed by atoms with van der Waals surface area (Å²) in [6.07, 6.45) is 2.66. The molecule has 2 rings (SSSR count). The molecule has 3 N–H and O–H groups in total. The molecule has 1 amide bonds. The van der Waals surface area contributed by atoms with Gasteiger partial charge in [0.15, 0.2) is 6.29 Å². The minimum Gasteiger partial charge on any atom is -0.508 e.